The van der Waals surface area contributed by atoms with Crippen LogP contribution in [0.25, 0.3) is 6.08 Å². The van der Waals surface area contributed by atoms with Gasteiger partial charge in [0.05, 0.1) is 11.8 Å². The van der Waals surface area contributed by atoms with Gasteiger partial charge in [0, 0.05) is 5.57 Å². The molecular formula is C31H35F3N2O10. The van der Waals surface area contributed by atoms with Gasteiger partial charge in [0.15, 0.2) is 17.7 Å². The van der Waals surface area contributed by atoms with Crippen LogP contribution in [0, 0.1) is 11.6 Å². The van der Waals surface area contributed by atoms with Crippen molar-refractivity contribution in [1.29, 1.82) is 0 Å². The molecule has 0 radical (unpaired) electrons. The SMILES string of the molecule is CC/C(=N\OCc1ccc(F)cc1)[C@H]1O[C@@H](Oc2ccc(/C=C(\C)C(=O)N[C@@H]3[C@H](O)[C@@H](O)[C@H]4OCO[C@H]4[C@@H]3O)cc2F)[C@@H](F)[C@@H]1O. The number of nitrogens with one attached hydrogen (secondary N) is 1. The molecule has 1 aliphatic carbocycles. The first kappa shape index (κ1) is 33.8. The van der Waals surface area contributed by atoms with Crippen LogP contribution in [-0.2, 0) is 30.4 Å². The molecule has 2 aliphatic heterocycles. The first-order valence-electron chi connectivity index (χ1n) is 14.6. The number of aliphatic hydroxyl groups is 4. The number of amides is 1. The predicted octanol–water partition coefficient (Wildman–Crippen LogP) is 1.48. The molecule has 2 aromatic carbocycles. The Morgan fingerprint density at radius 2 is 1.72 bits per heavy atom. The second-order valence-electron chi connectivity index (χ2n) is 11.2. The fourth-order valence-corrected chi connectivity index (χ4v) is 5.45. The van der Waals surface area contributed by atoms with Gasteiger partial charge in [-0.3, -0.25) is 4.79 Å². The largest absolute Gasteiger partial charge is 0.459 e. The number of alkyl halides is 1. The molecule has 10 atom stereocenters. The number of fused-ring (bicyclic) bond motifs is 1. The fraction of sp³-hybridized carbons (Fsp3) is 0.484. The average molecular weight is 653 g/mol. The standard InChI is InChI=1S/C31H35F3N2O10/c1-3-19(36-44-12-15-4-7-17(32)8-5-15)27-23(37)21(34)31(46-27)45-20-9-6-16(11-18(20)33)10-14(2)30(41)35-22-24(38)26(40)29-28(25(22)39)42-13-43-29/h4-11,21-29,31,37-40H,3,12-13H2,1-2H3,(H,35,41)/b14-10+,36-19+/t21-,22+,23-,24-,25+,26+,27+,28-,29+,31+/m0/s1. The lowest BCUT2D eigenvalue weighted by Crippen LogP contribution is -2.67. The number of aliphatic hydroxyl groups excluding tert-OH is 4. The number of carbonyl (C=O) groups excluding carboxylic acids is 1. The van der Waals surface area contributed by atoms with Crippen molar-refractivity contribution in [3.8, 4) is 5.75 Å². The summed E-state index contributed by atoms with van der Waals surface area (Å²) >= 11 is 0. The second-order valence-corrected chi connectivity index (χ2v) is 11.2. The molecule has 250 valence electrons. The van der Waals surface area contributed by atoms with Gasteiger partial charge < -0.3 is 49.5 Å². The molecule has 2 aromatic rings. The number of halogens is 3. The van der Waals surface area contributed by atoms with Gasteiger partial charge >= 0.3 is 0 Å². The van der Waals surface area contributed by atoms with Crippen molar-refractivity contribution >= 4 is 17.7 Å². The van der Waals surface area contributed by atoms with Gasteiger partial charge in [0.25, 0.3) is 0 Å². The molecular weight excluding hydrogens is 617 g/mol. The van der Waals surface area contributed by atoms with Gasteiger partial charge in [-0.2, -0.15) is 0 Å². The van der Waals surface area contributed by atoms with E-state index in [1.54, 1.807) is 6.92 Å². The van der Waals surface area contributed by atoms with E-state index in [0.29, 0.717) is 5.56 Å². The third-order valence-electron chi connectivity index (χ3n) is 8.04. The van der Waals surface area contributed by atoms with Crippen molar-refractivity contribution in [1.82, 2.24) is 5.32 Å². The highest BCUT2D eigenvalue weighted by atomic mass is 19.1. The summed E-state index contributed by atoms with van der Waals surface area (Å²) in [6.45, 7) is 2.94. The van der Waals surface area contributed by atoms with E-state index in [4.69, 9.17) is 23.8 Å². The number of carbonyl (C=O) groups is 1. The topological polar surface area (TPSA) is 169 Å². The van der Waals surface area contributed by atoms with E-state index in [1.807, 2.05) is 0 Å². The summed E-state index contributed by atoms with van der Waals surface area (Å²) in [4.78, 5) is 18.1. The summed E-state index contributed by atoms with van der Waals surface area (Å²) in [5, 5.41) is 48.2. The molecule has 0 bridgehead atoms. The Balaban J connectivity index is 1.19. The molecule has 5 N–H and O–H groups in total. The van der Waals surface area contributed by atoms with E-state index in [9.17, 15) is 34.0 Å². The molecule has 5 rings (SSSR count). The number of ether oxygens (including phenoxy) is 4. The van der Waals surface area contributed by atoms with Crippen LogP contribution in [0.1, 0.15) is 31.4 Å². The van der Waals surface area contributed by atoms with Gasteiger partial charge in [-0.1, -0.05) is 30.3 Å². The fourth-order valence-electron chi connectivity index (χ4n) is 5.45. The van der Waals surface area contributed by atoms with Crippen LogP contribution in [0.3, 0.4) is 0 Å². The third-order valence-corrected chi connectivity index (χ3v) is 8.04. The Hall–Kier alpha value is -3.57. The van der Waals surface area contributed by atoms with Gasteiger partial charge in [-0.25, -0.2) is 13.2 Å². The molecule has 2 saturated heterocycles. The summed E-state index contributed by atoms with van der Waals surface area (Å²) in [7, 11) is 0. The van der Waals surface area contributed by atoms with Crippen LogP contribution in [0.5, 0.6) is 5.75 Å². The highest BCUT2D eigenvalue weighted by Gasteiger charge is 2.53. The van der Waals surface area contributed by atoms with Gasteiger partial charge in [0.1, 0.15) is 61.9 Å². The minimum Gasteiger partial charge on any atom is -0.459 e. The predicted molar refractivity (Wildman–Crippen MR) is 154 cm³/mol. The van der Waals surface area contributed by atoms with Crippen LogP contribution in [0.2, 0.25) is 0 Å². The molecule has 15 heteroatoms. The zero-order valence-electron chi connectivity index (χ0n) is 24.8. The Kier molecular flexibility index (Phi) is 10.6. The normalized spacial score (nSPS) is 33.1. The molecule has 0 spiro atoms. The highest BCUT2D eigenvalue weighted by Crippen LogP contribution is 2.32. The number of hydrogen-bond acceptors (Lipinski definition) is 11. The Labute approximate surface area is 262 Å². The maximum absolute atomic E-state index is 15.0. The summed E-state index contributed by atoms with van der Waals surface area (Å²) in [6.07, 6.45) is -11.3. The van der Waals surface area contributed by atoms with Crippen molar-refractivity contribution in [2.45, 2.75) is 88.1 Å². The molecule has 3 aliphatic rings. The zero-order valence-corrected chi connectivity index (χ0v) is 24.8. The van der Waals surface area contributed by atoms with Crippen molar-refractivity contribution in [2.24, 2.45) is 5.16 Å². The van der Waals surface area contributed by atoms with Crippen LogP contribution in [-0.4, -0.2) is 100 Å². The number of benzene rings is 2. The minimum absolute atomic E-state index is 0.00238. The number of rotatable bonds is 10. The Morgan fingerprint density at radius 3 is 2.39 bits per heavy atom. The summed E-state index contributed by atoms with van der Waals surface area (Å²) in [5.41, 5.74) is 1.13. The molecule has 2 heterocycles. The van der Waals surface area contributed by atoms with Crippen LogP contribution >= 0.6 is 0 Å². The van der Waals surface area contributed by atoms with E-state index in [-0.39, 0.29) is 42.4 Å². The first-order valence-corrected chi connectivity index (χ1v) is 14.6. The second kappa shape index (κ2) is 14.5. The van der Waals surface area contributed by atoms with E-state index in [0.717, 1.165) is 6.07 Å². The lowest BCUT2D eigenvalue weighted by Gasteiger charge is -2.41. The molecule has 46 heavy (non-hydrogen) atoms. The Bertz CT molecular complexity index is 1440. The molecule has 3 fully saturated rings. The first-order chi connectivity index (χ1) is 22.0. The van der Waals surface area contributed by atoms with Gasteiger partial charge in [-0.05, 0) is 54.8 Å². The smallest absolute Gasteiger partial charge is 0.247 e. The molecule has 0 aromatic heterocycles. The van der Waals surface area contributed by atoms with E-state index < -0.39 is 78.8 Å². The summed E-state index contributed by atoms with van der Waals surface area (Å²) in [5.74, 6) is -2.40. The quantitative estimate of drug-likeness (QED) is 0.144. The van der Waals surface area contributed by atoms with Gasteiger partial charge in [0.2, 0.25) is 12.2 Å². The van der Waals surface area contributed by atoms with Crippen LogP contribution in [0.4, 0.5) is 13.2 Å². The summed E-state index contributed by atoms with van der Waals surface area (Å²) < 4.78 is 64.5. The zero-order chi connectivity index (χ0) is 33.1. The van der Waals surface area contributed by atoms with Crippen molar-refractivity contribution in [2.75, 3.05) is 6.79 Å². The van der Waals surface area contributed by atoms with Crippen LogP contribution in [0.15, 0.2) is 53.2 Å². The number of oxime groups is 1. The van der Waals surface area contributed by atoms with Crippen molar-refractivity contribution in [3.05, 3.63) is 70.8 Å². The monoisotopic (exact) mass is 652 g/mol. The number of nitrogens with zero attached hydrogens (tertiary/aromatic N) is 1. The maximum Gasteiger partial charge on any atom is 0.247 e. The Morgan fingerprint density at radius 1 is 1.02 bits per heavy atom. The minimum atomic E-state index is -2.05. The molecule has 0 unspecified atom stereocenters. The van der Waals surface area contributed by atoms with Crippen molar-refractivity contribution < 1.29 is 62.2 Å². The third kappa shape index (κ3) is 7.20. The number of hydrogen-bond donors (Lipinski definition) is 5. The lowest BCUT2D eigenvalue weighted by molar-refractivity contribution is -0.155. The molecule has 1 amide bonds. The maximum atomic E-state index is 15.0. The van der Waals surface area contributed by atoms with Crippen LogP contribution < -0.4 is 10.1 Å². The van der Waals surface area contributed by atoms with E-state index in [2.05, 4.69) is 10.5 Å². The summed E-state index contributed by atoms with van der Waals surface area (Å²) in [6, 6.07) is 7.93. The molecule has 12 nitrogen and oxygen atoms in total. The average Bonchev–Trinajstić information content (AvgIpc) is 3.64. The van der Waals surface area contributed by atoms with Gasteiger partial charge in [-0.15, -0.1) is 0 Å². The molecule has 1 saturated carbocycles. The lowest BCUT2D eigenvalue weighted by atomic mass is 9.83. The highest BCUT2D eigenvalue weighted by molar-refractivity contribution is 5.97. The van der Waals surface area contributed by atoms with Crippen molar-refractivity contribution in [3.63, 3.8) is 0 Å². The van der Waals surface area contributed by atoms with E-state index in [1.165, 1.54) is 49.4 Å². The van der Waals surface area contributed by atoms with E-state index >= 15 is 4.39 Å².